The number of aryl methyl sites for hydroxylation is 1. The lowest BCUT2D eigenvalue weighted by Crippen LogP contribution is -2.42. The molecule has 1 aromatic rings. The standard InChI is InChI=1S/C23H36N2O2.C7H16.C6H14.I2/c1-16-8-10-25(11-9-16)15-20-13-21(24(4)18(3)23(26)27)14-22(20)19-7-5-6-17(2)12-19;1-5-7(4)6(2)3;1-5(2)6(3)4;1-2/h5-7,12,16,18,20-22H,8-11,13-15H2,1-4H3,(H,26,27);6-7H,5H2,1-4H3;5-6H,1-4H3;/t18-,20-,21?,22-;;;/m1.../s1. The van der Waals surface area contributed by atoms with Crippen LogP contribution in [0.15, 0.2) is 24.3 Å². The second-order valence-corrected chi connectivity index (χ2v) is 14.2. The van der Waals surface area contributed by atoms with Gasteiger partial charge in [0.05, 0.1) is 0 Å². The molecule has 1 aromatic carbocycles. The highest BCUT2D eigenvalue weighted by Crippen LogP contribution is 2.43. The van der Waals surface area contributed by atoms with Crippen LogP contribution in [-0.2, 0) is 4.79 Å². The maximum absolute atomic E-state index is 11.5. The van der Waals surface area contributed by atoms with E-state index in [0.717, 1.165) is 49.0 Å². The number of likely N-dealkylation sites (N-methyl/N-ethyl adjacent to an activating group) is 1. The Hall–Kier alpha value is 0.0700. The molecule has 2 fully saturated rings. The minimum Gasteiger partial charge on any atom is -0.480 e. The number of hydrogen-bond donors (Lipinski definition) is 1. The number of carboxylic acids is 1. The van der Waals surface area contributed by atoms with Crippen molar-refractivity contribution < 1.29 is 9.90 Å². The summed E-state index contributed by atoms with van der Waals surface area (Å²) in [7, 11) is 1.99. The number of aliphatic carboxylic acids is 1. The van der Waals surface area contributed by atoms with Gasteiger partial charge >= 0.3 is 5.97 Å². The van der Waals surface area contributed by atoms with Crippen LogP contribution < -0.4 is 0 Å². The van der Waals surface area contributed by atoms with Gasteiger partial charge in [-0.2, -0.15) is 0 Å². The van der Waals surface area contributed by atoms with Crippen molar-refractivity contribution in [3.8, 4) is 0 Å². The van der Waals surface area contributed by atoms with Gasteiger partial charge in [0.25, 0.3) is 0 Å². The van der Waals surface area contributed by atoms with Crippen molar-refractivity contribution in [2.75, 3.05) is 26.7 Å². The van der Waals surface area contributed by atoms with Gasteiger partial charge in [-0.05, 0) is 107 Å². The van der Waals surface area contributed by atoms with Crippen molar-refractivity contribution in [1.29, 1.82) is 0 Å². The summed E-state index contributed by atoms with van der Waals surface area (Å²) >= 11 is 4.24. The lowest BCUT2D eigenvalue weighted by molar-refractivity contribution is -0.142. The van der Waals surface area contributed by atoms with Crippen LogP contribution in [0.2, 0.25) is 0 Å². The number of hydrogen-bond acceptors (Lipinski definition) is 3. The Morgan fingerprint density at radius 2 is 1.52 bits per heavy atom. The van der Waals surface area contributed by atoms with E-state index in [0.29, 0.717) is 17.9 Å². The summed E-state index contributed by atoms with van der Waals surface area (Å²) in [6, 6.07) is 8.85. The van der Waals surface area contributed by atoms with Gasteiger partial charge in [-0.1, -0.05) is 98.6 Å². The van der Waals surface area contributed by atoms with E-state index in [-0.39, 0.29) is 0 Å². The first-order chi connectivity index (χ1) is 19.7. The van der Waals surface area contributed by atoms with Gasteiger partial charge in [-0.25, -0.2) is 0 Å². The Labute approximate surface area is 284 Å². The van der Waals surface area contributed by atoms with E-state index >= 15 is 0 Å². The molecular formula is C36H66I2N2O2. The Balaban J connectivity index is 0.000000930. The number of likely N-dealkylation sites (tertiary alicyclic amines) is 1. The Morgan fingerprint density at radius 1 is 0.976 bits per heavy atom. The molecule has 2 aliphatic rings. The minimum atomic E-state index is -0.724. The zero-order chi connectivity index (χ0) is 32.6. The molecule has 1 N–H and O–H groups in total. The van der Waals surface area contributed by atoms with Crippen molar-refractivity contribution in [2.45, 2.75) is 126 Å². The number of benzene rings is 1. The maximum Gasteiger partial charge on any atom is 0.320 e. The van der Waals surface area contributed by atoms with Gasteiger partial charge in [0, 0.05) is 49.8 Å². The SMILES string of the molecule is CC(C)C(C)C.CCC(C)C(C)C.Cc1cccc([C@H]2CC(N(C)[C@H](C)C(=O)O)C[C@@H]2CN2CCC(C)CC2)c1.II. The van der Waals surface area contributed by atoms with E-state index in [9.17, 15) is 9.90 Å². The quantitative estimate of drug-likeness (QED) is 0.252. The smallest absolute Gasteiger partial charge is 0.320 e. The molecule has 1 heterocycles. The number of carbonyl (C=O) groups is 1. The lowest BCUT2D eigenvalue weighted by Gasteiger charge is -2.34. The zero-order valence-corrected chi connectivity index (χ0v) is 33.5. The second kappa shape index (κ2) is 22.6. The van der Waals surface area contributed by atoms with Gasteiger partial charge < -0.3 is 10.0 Å². The molecule has 6 heteroatoms. The molecule has 4 nitrogen and oxygen atoms in total. The molecule has 0 aromatic heterocycles. The molecule has 2 unspecified atom stereocenters. The molecule has 1 aliphatic carbocycles. The predicted molar refractivity (Wildman–Crippen MR) is 202 cm³/mol. The minimum absolute atomic E-state index is 0.343. The van der Waals surface area contributed by atoms with E-state index in [1.807, 2.05) is 14.0 Å². The van der Waals surface area contributed by atoms with Crippen molar-refractivity contribution in [2.24, 2.45) is 35.5 Å². The first kappa shape index (κ1) is 42.1. The van der Waals surface area contributed by atoms with E-state index in [1.165, 1.54) is 43.5 Å². The highest BCUT2D eigenvalue weighted by atomic mass is 128. The highest BCUT2D eigenvalue weighted by molar-refractivity contribution is 15.0. The molecule has 0 spiro atoms. The topological polar surface area (TPSA) is 43.8 Å². The highest BCUT2D eigenvalue weighted by Gasteiger charge is 2.40. The first-order valence-electron chi connectivity index (χ1n) is 16.6. The first-order valence-corrected chi connectivity index (χ1v) is 22.8. The molecule has 42 heavy (non-hydrogen) atoms. The number of rotatable bonds is 9. The molecule has 1 aliphatic heterocycles. The molecule has 3 rings (SSSR count). The summed E-state index contributed by atoms with van der Waals surface area (Å²) in [6.45, 7) is 28.0. The Morgan fingerprint density at radius 3 is 1.93 bits per heavy atom. The molecule has 1 saturated heterocycles. The summed E-state index contributed by atoms with van der Waals surface area (Å²) in [5.74, 6) is 4.73. The van der Waals surface area contributed by atoms with Crippen molar-refractivity contribution in [1.82, 2.24) is 9.80 Å². The van der Waals surface area contributed by atoms with Crippen LogP contribution in [0.5, 0.6) is 0 Å². The van der Waals surface area contributed by atoms with Crippen molar-refractivity contribution >= 4 is 43.2 Å². The third-order valence-corrected chi connectivity index (χ3v) is 10.2. The number of halogens is 2. The summed E-state index contributed by atoms with van der Waals surface area (Å²) in [5.41, 5.74) is 2.75. The van der Waals surface area contributed by atoms with Gasteiger partial charge in [0.1, 0.15) is 6.04 Å². The molecule has 246 valence electrons. The van der Waals surface area contributed by atoms with E-state index in [1.54, 1.807) is 0 Å². The fourth-order valence-electron chi connectivity index (χ4n) is 5.48. The molecular weight excluding hydrogens is 746 g/mol. The van der Waals surface area contributed by atoms with Gasteiger partial charge in [-0.3, -0.25) is 9.69 Å². The Bertz CT molecular complexity index is 833. The van der Waals surface area contributed by atoms with Crippen LogP contribution in [0.1, 0.15) is 118 Å². The van der Waals surface area contributed by atoms with Gasteiger partial charge in [-0.15, -0.1) is 0 Å². The summed E-state index contributed by atoms with van der Waals surface area (Å²) < 4.78 is 0. The van der Waals surface area contributed by atoms with Crippen LogP contribution in [-0.4, -0.2) is 59.6 Å². The third kappa shape index (κ3) is 15.9. The third-order valence-electron chi connectivity index (χ3n) is 10.2. The van der Waals surface area contributed by atoms with E-state index in [2.05, 4.69) is 141 Å². The second-order valence-electron chi connectivity index (χ2n) is 14.2. The van der Waals surface area contributed by atoms with Gasteiger partial charge in [0.15, 0.2) is 0 Å². The van der Waals surface area contributed by atoms with Crippen LogP contribution >= 0.6 is 37.2 Å². The fraction of sp³-hybridized carbons (Fsp3) is 0.806. The normalized spacial score (nSPS) is 22.6. The predicted octanol–water partition coefficient (Wildman–Crippen LogP) is 10.8. The van der Waals surface area contributed by atoms with Crippen LogP contribution in [0.4, 0.5) is 0 Å². The van der Waals surface area contributed by atoms with E-state index < -0.39 is 12.0 Å². The lowest BCUT2D eigenvalue weighted by atomic mass is 9.87. The van der Waals surface area contributed by atoms with Gasteiger partial charge in [0.2, 0.25) is 0 Å². The molecule has 5 atom stereocenters. The number of piperidine rings is 1. The number of nitrogens with zero attached hydrogens (tertiary/aromatic N) is 2. The zero-order valence-electron chi connectivity index (χ0n) is 29.2. The number of carboxylic acid groups (broad SMARTS) is 1. The maximum atomic E-state index is 11.5. The molecule has 1 saturated carbocycles. The van der Waals surface area contributed by atoms with Crippen molar-refractivity contribution in [3.63, 3.8) is 0 Å². The molecule has 0 bridgehead atoms. The summed E-state index contributed by atoms with van der Waals surface area (Å²) in [5, 5.41) is 9.43. The van der Waals surface area contributed by atoms with Crippen LogP contribution in [0.25, 0.3) is 0 Å². The van der Waals surface area contributed by atoms with Crippen LogP contribution in [0, 0.1) is 42.4 Å². The molecule has 0 amide bonds. The molecule has 0 radical (unpaired) electrons. The van der Waals surface area contributed by atoms with Crippen molar-refractivity contribution in [3.05, 3.63) is 35.4 Å². The summed E-state index contributed by atoms with van der Waals surface area (Å²) in [4.78, 5) is 16.2. The average Bonchev–Trinajstić information content (AvgIpc) is 3.38. The van der Waals surface area contributed by atoms with Crippen LogP contribution in [0.3, 0.4) is 0 Å². The monoisotopic (exact) mass is 812 g/mol. The summed E-state index contributed by atoms with van der Waals surface area (Å²) in [6.07, 6.45) is 6.09. The Kier molecular flexibility index (Phi) is 22.6. The fourth-order valence-corrected chi connectivity index (χ4v) is 5.48. The largest absolute Gasteiger partial charge is 0.480 e. The average molecular weight is 813 g/mol. The van der Waals surface area contributed by atoms with E-state index in [4.69, 9.17) is 0 Å².